The van der Waals surface area contributed by atoms with E-state index in [0.29, 0.717) is 6.42 Å². The van der Waals surface area contributed by atoms with Gasteiger partial charge >= 0.3 is 5.97 Å². The van der Waals surface area contributed by atoms with Gasteiger partial charge in [-0.2, -0.15) is 8.42 Å². The van der Waals surface area contributed by atoms with Gasteiger partial charge in [-0.25, -0.2) is 0 Å². The SMILES string of the molecule is CCCCCCCCCCCCCCCCCCOC(=O)C(CC(N)=O)S(=O)(=O)O.[Na].[Na].[Na].[Na]. The molecule has 1 atom stereocenters. The molecular weight excluding hydrogens is 498 g/mol. The van der Waals surface area contributed by atoms with Gasteiger partial charge in [0.15, 0.2) is 5.25 Å². The first kappa shape index (κ1) is 46.7. The smallest absolute Gasteiger partial charge is 0.327 e. The number of amides is 1. The number of hydrogen-bond acceptors (Lipinski definition) is 5. The maximum Gasteiger partial charge on any atom is 0.327 e. The predicted octanol–water partition coefficient (Wildman–Crippen LogP) is 3.40. The zero-order chi connectivity index (χ0) is 22.7. The molecule has 12 heteroatoms. The molecule has 0 saturated carbocycles. The van der Waals surface area contributed by atoms with Crippen LogP contribution in [0.3, 0.4) is 0 Å². The molecule has 0 aromatic rings. The number of hydrogen-bond donors (Lipinski definition) is 2. The van der Waals surface area contributed by atoms with E-state index in [-0.39, 0.29) is 125 Å². The number of rotatable bonds is 21. The molecule has 7 nitrogen and oxygen atoms in total. The average Bonchev–Trinajstić information content (AvgIpc) is 2.67. The monoisotopic (exact) mass is 541 g/mol. The van der Waals surface area contributed by atoms with E-state index in [1.54, 1.807) is 0 Å². The second-order valence-electron chi connectivity index (χ2n) is 8.14. The summed E-state index contributed by atoms with van der Waals surface area (Å²) < 4.78 is 36.1. The van der Waals surface area contributed by atoms with Crippen molar-refractivity contribution in [2.24, 2.45) is 5.73 Å². The van der Waals surface area contributed by atoms with Crippen LogP contribution in [0.25, 0.3) is 0 Å². The van der Waals surface area contributed by atoms with Gasteiger partial charge in [-0.15, -0.1) is 0 Å². The normalized spacial score (nSPS) is 11.1. The molecule has 34 heavy (non-hydrogen) atoms. The Morgan fingerprint density at radius 3 is 1.32 bits per heavy atom. The van der Waals surface area contributed by atoms with Crippen molar-refractivity contribution in [3.63, 3.8) is 0 Å². The van der Waals surface area contributed by atoms with Crippen molar-refractivity contribution in [1.29, 1.82) is 0 Å². The van der Waals surface area contributed by atoms with Gasteiger partial charge in [0.1, 0.15) is 0 Å². The summed E-state index contributed by atoms with van der Waals surface area (Å²) in [5.74, 6) is -2.12. The predicted molar refractivity (Wildman–Crippen MR) is 143 cm³/mol. The van der Waals surface area contributed by atoms with Crippen LogP contribution in [-0.4, -0.2) is 155 Å². The summed E-state index contributed by atoms with van der Waals surface area (Å²) in [6, 6.07) is 0. The van der Waals surface area contributed by atoms with E-state index in [2.05, 4.69) is 6.92 Å². The molecule has 0 aliphatic heterocycles. The Kier molecular flexibility index (Phi) is 44.0. The summed E-state index contributed by atoms with van der Waals surface area (Å²) in [5.41, 5.74) is 4.90. The third-order valence-electron chi connectivity index (χ3n) is 5.25. The molecule has 0 aliphatic carbocycles. The standard InChI is InChI=1S/C22H43NO6S.4Na/c1-2-3-4-5-6-7-8-9-10-11-12-13-14-15-16-17-18-29-22(25)20(19-21(23)24)30(26,27)28;;;;/h20H,2-19H2,1H3,(H2,23,24)(H,26,27,28);;;;. The third-order valence-corrected chi connectivity index (χ3v) is 6.33. The number of unbranched alkanes of at least 4 members (excludes halogenated alkanes) is 15. The van der Waals surface area contributed by atoms with Crippen LogP contribution in [0.15, 0.2) is 0 Å². The zero-order valence-corrected chi connectivity index (χ0v) is 31.6. The molecular formula is C22H43NNa4O6S. The molecule has 4 radical (unpaired) electrons. The van der Waals surface area contributed by atoms with Crippen molar-refractivity contribution >= 4 is 140 Å². The van der Waals surface area contributed by atoms with E-state index in [0.717, 1.165) is 19.3 Å². The Hall–Kier alpha value is 2.85. The van der Waals surface area contributed by atoms with Gasteiger partial charge in [0.2, 0.25) is 5.91 Å². The minimum absolute atomic E-state index is 0. The molecule has 0 fully saturated rings. The number of carbonyl (C=O) groups excluding carboxylic acids is 2. The molecule has 0 bridgehead atoms. The molecule has 1 unspecified atom stereocenters. The fourth-order valence-corrected chi connectivity index (χ4v) is 4.09. The average molecular weight is 542 g/mol. The van der Waals surface area contributed by atoms with Gasteiger partial charge in [0.25, 0.3) is 10.1 Å². The Bertz CT molecular complexity index is 568. The largest absolute Gasteiger partial charge is 0.465 e. The molecule has 0 rings (SSSR count). The summed E-state index contributed by atoms with van der Waals surface area (Å²) in [4.78, 5) is 22.5. The van der Waals surface area contributed by atoms with Crippen molar-refractivity contribution in [3.8, 4) is 0 Å². The number of carbonyl (C=O) groups is 2. The Morgan fingerprint density at radius 2 is 1.03 bits per heavy atom. The molecule has 0 spiro atoms. The van der Waals surface area contributed by atoms with Crippen molar-refractivity contribution in [3.05, 3.63) is 0 Å². The molecule has 0 aromatic heterocycles. The van der Waals surface area contributed by atoms with Crippen LogP contribution in [0.4, 0.5) is 0 Å². The van der Waals surface area contributed by atoms with Crippen LogP contribution >= 0.6 is 0 Å². The van der Waals surface area contributed by atoms with Crippen molar-refractivity contribution < 1.29 is 27.3 Å². The molecule has 0 saturated heterocycles. The van der Waals surface area contributed by atoms with E-state index in [1.165, 1.54) is 77.0 Å². The van der Waals surface area contributed by atoms with E-state index in [9.17, 15) is 18.0 Å². The van der Waals surface area contributed by atoms with Gasteiger partial charge in [0.05, 0.1) is 13.0 Å². The van der Waals surface area contributed by atoms with E-state index in [4.69, 9.17) is 15.0 Å². The van der Waals surface area contributed by atoms with Crippen molar-refractivity contribution in [1.82, 2.24) is 0 Å². The molecule has 3 N–H and O–H groups in total. The molecule has 0 aliphatic rings. The van der Waals surface area contributed by atoms with Gasteiger partial charge < -0.3 is 10.5 Å². The third kappa shape index (κ3) is 31.1. The van der Waals surface area contributed by atoms with E-state index in [1.807, 2.05) is 0 Å². The van der Waals surface area contributed by atoms with Crippen LogP contribution in [0.1, 0.15) is 116 Å². The van der Waals surface area contributed by atoms with Crippen LogP contribution in [0, 0.1) is 0 Å². The quantitative estimate of drug-likeness (QED) is 0.0994. The molecule has 1 amide bonds. The second kappa shape index (κ2) is 32.1. The summed E-state index contributed by atoms with van der Waals surface area (Å²) in [7, 11) is -4.71. The van der Waals surface area contributed by atoms with Gasteiger partial charge in [-0.3, -0.25) is 14.1 Å². The first-order chi connectivity index (χ1) is 14.3. The number of primary amides is 1. The number of esters is 1. The van der Waals surface area contributed by atoms with Gasteiger partial charge in [-0.05, 0) is 6.42 Å². The topological polar surface area (TPSA) is 124 Å². The van der Waals surface area contributed by atoms with Gasteiger partial charge in [-0.1, -0.05) is 103 Å². The molecule has 182 valence electrons. The summed E-state index contributed by atoms with van der Waals surface area (Å²) >= 11 is 0. The van der Waals surface area contributed by atoms with Crippen LogP contribution in [0.5, 0.6) is 0 Å². The number of ether oxygens (including phenoxy) is 1. The molecule has 0 heterocycles. The maximum atomic E-state index is 11.7. The minimum Gasteiger partial charge on any atom is -0.465 e. The van der Waals surface area contributed by atoms with Crippen LogP contribution in [0.2, 0.25) is 0 Å². The van der Waals surface area contributed by atoms with Crippen molar-refractivity contribution in [2.75, 3.05) is 6.61 Å². The molecule has 0 aromatic carbocycles. The fraction of sp³-hybridized carbons (Fsp3) is 0.909. The first-order valence-electron chi connectivity index (χ1n) is 11.7. The fourth-order valence-electron chi connectivity index (χ4n) is 3.41. The van der Waals surface area contributed by atoms with E-state index < -0.39 is 33.7 Å². The Labute approximate surface area is 296 Å². The maximum absolute atomic E-state index is 11.7. The van der Waals surface area contributed by atoms with E-state index >= 15 is 0 Å². The minimum atomic E-state index is -4.71. The van der Waals surface area contributed by atoms with Crippen LogP contribution < -0.4 is 5.73 Å². The Morgan fingerprint density at radius 1 is 0.706 bits per heavy atom. The number of nitrogens with two attached hydrogens (primary N) is 1. The first-order valence-corrected chi connectivity index (χ1v) is 13.2. The van der Waals surface area contributed by atoms with Crippen LogP contribution in [-0.2, 0) is 24.4 Å². The summed E-state index contributed by atoms with van der Waals surface area (Å²) in [6.07, 6.45) is 18.9. The van der Waals surface area contributed by atoms with Gasteiger partial charge in [0, 0.05) is 118 Å². The summed E-state index contributed by atoms with van der Waals surface area (Å²) in [5, 5.41) is -1.93. The Balaban J connectivity index is -0.000000701. The second-order valence-corrected chi connectivity index (χ2v) is 9.74. The zero-order valence-electron chi connectivity index (χ0n) is 22.8. The summed E-state index contributed by atoms with van der Waals surface area (Å²) in [6.45, 7) is 2.32. The van der Waals surface area contributed by atoms with Crippen molar-refractivity contribution in [2.45, 2.75) is 121 Å².